The Kier molecular flexibility index (Phi) is 26.6. The molecule has 0 aromatic carbocycles. The van der Waals surface area contributed by atoms with Crippen molar-refractivity contribution in [2.24, 2.45) is 0 Å². The number of hydrogen-bond acceptors (Lipinski definition) is 8. The lowest BCUT2D eigenvalue weighted by Crippen LogP contribution is -2.33. The molecule has 0 saturated carbocycles. The van der Waals surface area contributed by atoms with Gasteiger partial charge in [0.15, 0.2) is 0 Å². The summed E-state index contributed by atoms with van der Waals surface area (Å²) < 4.78 is 16.5. The number of esters is 3. The van der Waals surface area contributed by atoms with Gasteiger partial charge in [0, 0.05) is 24.1 Å². The maximum Gasteiger partial charge on any atom is 0.316 e. The van der Waals surface area contributed by atoms with E-state index < -0.39 is 0 Å². The predicted molar refractivity (Wildman–Crippen MR) is 180 cm³/mol. The molecule has 0 aromatic heterocycles. The molecule has 0 aliphatic carbocycles. The highest BCUT2D eigenvalue weighted by molar-refractivity contribution is 8.01. The van der Waals surface area contributed by atoms with Crippen LogP contribution in [0.25, 0.3) is 0 Å². The molecule has 0 N–H and O–H groups in total. The predicted octanol–water partition coefficient (Wildman–Crippen LogP) is 8.45. The van der Waals surface area contributed by atoms with E-state index in [1.54, 1.807) is 11.8 Å². The number of allylic oxidation sites excluding steroid dienone is 2. The number of unbranched alkanes of at least 4 members (excludes halogenated alkanes) is 6. The molecule has 43 heavy (non-hydrogen) atoms. The quantitative estimate of drug-likeness (QED) is 0.0371. The maximum atomic E-state index is 12.7. The van der Waals surface area contributed by atoms with Crippen LogP contribution < -0.4 is 0 Å². The molecule has 0 aliphatic heterocycles. The van der Waals surface area contributed by atoms with E-state index in [-0.39, 0.29) is 28.8 Å². The van der Waals surface area contributed by atoms with Gasteiger partial charge in [0.05, 0.1) is 19.0 Å². The van der Waals surface area contributed by atoms with Crippen LogP contribution in [0.4, 0.5) is 0 Å². The molecule has 0 radical (unpaired) electrons. The van der Waals surface area contributed by atoms with Gasteiger partial charge in [0.1, 0.15) is 6.10 Å². The zero-order chi connectivity index (χ0) is 32.2. The van der Waals surface area contributed by atoms with Gasteiger partial charge in [-0.1, -0.05) is 63.8 Å². The summed E-state index contributed by atoms with van der Waals surface area (Å²) in [5, 5.41) is 0. The molecule has 0 rings (SSSR count). The number of carbonyl (C=O) groups excluding carboxylic acids is 3. The van der Waals surface area contributed by atoms with E-state index in [1.807, 2.05) is 14.1 Å². The largest absolute Gasteiger partial charge is 0.465 e. The molecule has 0 aliphatic rings. The van der Waals surface area contributed by atoms with Crippen LogP contribution in [-0.4, -0.2) is 73.3 Å². The molecule has 7 nitrogen and oxygen atoms in total. The van der Waals surface area contributed by atoms with E-state index in [2.05, 4.69) is 56.9 Å². The number of carbonyl (C=O) groups is 3. The van der Waals surface area contributed by atoms with Crippen LogP contribution in [0.3, 0.4) is 0 Å². The molecular formula is C35H63NO6S. The van der Waals surface area contributed by atoms with E-state index in [1.165, 1.54) is 0 Å². The summed E-state index contributed by atoms with van der Waals surface area (Å²) in [4.78, 5) is 38.8. The van der Waals surface area contributed by atoms with Gasteiger partial charge in [0.25, 0.3) is 0 Å². The molecule has 8 heteroatoms. The summed E-state index contributed by atoms with van der Waals surface area (Å²) in [5.41, 5.74) is 0. The standard InChI is InChI=1S/C35H63NO6S/c1-7-9-11-13-21-27-40-32(37)25-19-15-17-23-31(42-34(39)29-43-35(3,4)30-36(5)6)24-18-16-20-26-33(38)41-28-22-14-12-10-8-2/h11-14,31H,7-10,15-30H2,1-6H3/b13-11-,14-12-. The highest BCUT2D eigenvalue weighted by Gasteiger charge is 2.23. The first-order valence-electron chi connectivity index (χ1n) is 16.7. The van der Waals surface area contributed by atoms with Gasteiger partial charge >= 0.3 is 17.9 Å². The minimum atomic E-state index is -0.171. The van der Waals surface area contributed by atoms with Crippen LogP contribution in [0.1, 0.15) is 130 Å². The summed E-state index contributed by atoms with van der Waals surface area (Å²) >= 11 is 1.62. The Morgan fingerprint density at radius 2 is 1.16 bits per heavy atom. The summed E-state index contributed by atoms with van der Waals surface area (Å²) in [7, 11) is 4.07. The van der Waals surface area contributed by atoms with Crippen LogP contribution >= 0.6 is 11.8 Å². The maximum absolute atomic E-state index is 12.7. The minimum Gasteiger partial charge on any atom is -0.465 e. The van der Waals surface area contributed by atoms with Crippen molar-refractivity contribution < 1.29 is 28.6 Å². The van der Waals surface area contributed by atoms with Crippen molar-refractivity contribution in [1.82, 2.24) is 4.90 Å². The Morgan fingerprint density at radius 3 is 1.60 bits per heavy atom. The molecule has 250 valence electrons. The SMILES string of the molecule is CCC/C=C\CCOC(=O)CCCCCC(CCCCCC(=O)OCC/C=C\CCC)OC(=O)CSC(C)(C)CN(C)C. The fraction of sp³-hybridized carbons (Fsp3) is 0.800. The Balaban J connectivity index is 4.47. The Labute approximate surface area is 267 Å². The van der Waals surface area contributed by atoms with Crippen molar-refractivity contribution in [3.05, 3.63) is 24.3 Å². The second-order valence-electron chi connectivity index (χ2n) is 12.1. The Morgan fingerprint density at radius 1 is 0.698 bits per heavy atom. The minimum absolute atomic E-state index is 0.0428. The van der Waals surface area contributed by atoms with E-state index in [0.717, 1.165) is 96.4 Å². The molecule has 0 spiro atoms. The third kappa shape index (κ3) is 28.7. The first-order valence-corrected chi connectivity index (χ1v) is 17.7. The van der Waals surface area contributed by atoms with Crippen molar-refractivity contribution >= 4 is 29.7 Å². The summed E-state index contributed by atoms with van der Waals surface area (Å²) in [6, 6.07) is 0. The fourth-order valence-electron chi connectivity index (χ4n) is 4.61. The number of nitrogens with zero attached hydrogens (tertiary/aromatic N) is 1. The first kappa shape index (κ1) is 41.2. The lowest BCUT2D eigenvalue weighted by molar-refractivity contribution is -0.146. The number of hydrogen-bond donors (Lipinski definition) is 0. The second kappa shape index (κ2) is 27.7. The molecule has 0 heterocycles. The van der Waals surface area contributed by atoms with Crippen molar-refractivity contribution in [2.45, 2.75) is 141 Å². The van der Waals surface area contributed by atoms with E-state index >= 15 is 0 Å². The van der Waals surface area contributed by atoms with Gasteiger partial charge in [0.2, 0.25) is 0 Å². The zero-order valence-electron chi connectivity index (χ0n) is 28.3. The topological polar surface area (TPSA) is 82.1 Å². The molecular weight excluding hydrogens is 562 g/mol. The summed E-state index contributed by atoms with van der Waals surface area (Å²) in [6.07, 6.45) is 21.7. The van der Waals surface area contributed by atoms with Crippen molar-refractivity contribution in [1.29, 1.82) is 0 Å². The molecule has 0 aromatic rings. The third-order valence-corrected chi connectivity index (χ3v) is 8.02. The molecule has 0 unspecified atom stereocenters. The summed E-state index contributed by atoms with van der Waals surface area (Å²) in [6.45, 7) is 10.3. The highest BCUT2D eigenvalue weighted by Crippen LogP contribution is 2.25. The first-order chi connectivity index (χ1) is 20.6. The van der Waals surface area contributed by atoms with Crippen LogP contribution in [0.5, 0.6) is 0 Å². The van der Waals surface area contributed by atoms with Crippen LogP contribution in [0.15, 0.2) is 24.3 Å². The smallest absolute Gasteiger partial charge is 0.316 e. The molecule has 0 fully saturated rings. The van der Waals surface area contributed by atoms with Crippen LogP contribution in [-0.2, 0) is 28.6 Å². The van der Waals surface area contributed by atoms with Crippen molar-refractivity contribution in [3.63, 3.8) is 0 Å². The average molecular weight is 626 g/mol. The average Bonchev–Trinajstić information content (AvgIpc) is 2.94. The molecule has 0 bridgehead atoms. The van der Waals surface area contributed by atoms with Gasteiger partial charge in [-0.2, -0.15) is 0 Å². The van der Waals surface area contributed by atoms with Gasteiger partial charge in [-0.15, -0.1) is 11.8 Å². The van der Waals surface area contributed by atoms with Gasteiger partial charge in [-0.3, -0.25) is 14.4 Å². The van der Waals surface area contributed by atoms with Crippen molar-refractivity contribution in [3.8, 4) is 0 Å². The monoisotopic (exact) mass is 625 g/mol. The van der Waals surface area contributed by atoms with Gasteiger partial charge in [-0.25, -0.2) is 0 Å². The van der Waals surface area contributed by atoms with Crippen molar-refractivity contribution in [2.75, 3.05) is 39.6 Å². The molecule has 0 atom stereocenters. The highest BCUT2D eigenvalue weighted by atomic mass is 32.2. The van der Waals surface area contributed by atoms with Crippen LogP contribution in [0, 0.1) is 0 Å². The van der Waals surface area contributed by atoms with E-state index in [4.69, 9.17) is 14.2 Å². The molecule has 0 saturated heterocycles. The molecule has 0 amide bonds. The zero-order valence-corrected chi connectivity index (χ0v) is 29.2. The lowest BCUT2D eigenvalue weighted by Gasteiger charge is -2.27. The lowest BCUT2D eigenvalue weighted by atomic mass is 10.0. The van der Waals surface area contributed by atoms with Gasteiger partial charge in [-0.05, 0) is 92.2 Å². The number of thioether (sulfide) groups is 1. The fourth-order valence-corrected chi connectivity index (χ4v) is 5.54. The second-order valence-corrected chi connectivity index (χ2v) is 13.8. The third-order valence-electron chi connectivity index (χ3n) is 6.73. The Bertz CT molecular complexity index is 736. The number of rotatable bonds is 28. The normalized spacial score (nSPS) is 12.1. The van der Waals surface area contributed by atoms with Crippen LogP contribution in [0.2, 0.25) is 0 Å². The summed E-state index contributed by atoms with van der Waals surface area (Å²) in [5.74, 6) is -0.127. The van der Waals surface area contributed by atoms with E-state index in [9.17, 15) is 14.4 Å². The van der Waals surface area contributed by atoms with E-state index in [0.29, 0.717) is 31.8 Å². The Hall–Kier alpha value is -1.80. The van der Waals surface area contributed by atoms with Gasteiger partial charge < -0.3 is 19.1 Å². The number of ether oxygens (including phenoxy) is 3.